The second kappa shape index (κ2) is 6.56. The van der Waals surface area contributed by atoms with Crippen LogP contribution in [0.25, 0.3) is 0 Å². The SMILES string of the molecule is CC(C)Oc1ncccc1NCC(C)(CO)CO. The number of rotatable bonds is 7. The average Bonchev–Trinajstić information content (AvgIpc) is 2.37. The quantitative estimate of drug-likeness (QED) is 0.683. The molecular formula is C13H22N2O3. The van der Waals surface area contributed by atoms with Gasteiger partial charge in [0.2, 0.25) is 5.88 Å². The molecule has 1 heterocycles. The van der Waals surface area contributed by atoms with Gasteiger partial charge in [-0.05, 0) is 26.0 Å². The number of hydrogen-bond acceptors (Lipinski definition) is 5. The fourth-order valence-corrected chi connectivity index (χ4v) is 1.31. The highest BCUT2D eigenvalue weighted by Gasteiger charge is 2.22. The van der Waals surface area contributed by atoms with Crippen molar-refractivity contribution in [1.29, 1.82) is 0 Å². The summed E-state index contributed by atoms with van der Waals surface area (Å²) in [4.78, 5) is 4.16. The fraction of sp³-hybridized carbons (Fsp3) is 0.615. The van der Waals surface area contributed by atoms with Crippen molar-refractivity contribution in [2.75, 3.05) is 25.1 Å². The van der Waals surface area contributed by atoms with E-state index in [1.807, 2.05) is 26.0 Å². The van der Waals surface area contributed by atoms with Crippen molar-refractivity contribution in [3.63, 3.8) is 0 Å². The zero-order valence-electron chi connectivity index (χ0n) is 11.2. The number of ether oxygens (including phenoxy) is 1. The molecule has 3 N–H and O–H groups in total. The maximum absolute atomic E-state index is 9.23. The van der Waals surface area contributed by atoms with Crippen molar-refractivity contribution in [3.05, 3.63) is 18.3 Å². The Morgan fingerprint density at radius 3 is 2.61 bits per heavy atom. The van der Waals surface area contributed by atoms with Crippen LogP contribution in [0, 0.1) is 5.41 Å². The van der Waals surface area contributed by atoms with Gasteiger partial charge < -0.3 is 20.3 Å². The highest BCUT2D eigenvalue weighted by atomic mass is 16.5. The van der Waals surface area contributed by atoms with Crippen molar-refractivity contribution < 1.29 is 14.9 Å². The molecule has 1 aromatic heterocycles. The lowest BCUT2D eigenvalue weighted by Gasteiger charge is -2.26. The lowest BCUT2D eigenvalue weighted by molar-refractivity contribution is 0.0805. The largest absolute Gasteiger partial charge is 0.473 e. The molecule has 18 heavy (non-hydrogen) atoms. The Labute approximate surface area is 108 Å². The molecule has 0 aliphatic heterocycles. The van der Waals surface area contributed by atoms with Crippen molar-refractivity contribution in [2.45, 2.75) is 26.9 Å². The lowest BCUT2D eigenvalue weighted by atomic mass is 9.93. The summed E-state index contributed by atoms with van der Waals surface area (Å²) in [5.41, 5.74) is 0.199. The summed E-state index contributed by atoms with van der Waals surface area (Å²) in [5, 5.41) is 21.6. The van der Waals surface area contributed by atoms with Crippen LogP contribution in [0.4, 0.5) is 5.69 Å². The van der Waals surface area contributed by atoms with Crippen LogP contribution in [0.5, 0.6) is 5.88 Å². The van der Waals surface area contributed by atoms with Crippen LogP contribution in [-0.2, 0) is 0 Å². The van der Waals surface area contributed by atoms with E-state index in [-0.39, 0.29) is 19.3 Å². The Morgan fingerprint density at radius 2 is 2.06 bits per heavy atom. The molecule has 0 saturated heterocycles. The zero-order chi connectivity index (χ0) is 13.6. The molecule has 102 valence electrons. The van der Waals surface area contributed by atoms with Crippen LogP contribution in [-0.4, -0.2) is 41.1 Å². The molecule has 0 bridgehead atoms. The minimum Gasteiger partial charge on any atom is -0.473 e. The van der Waals surface area contributed by atoms with Crippen molar-refractivity contribution in [3.8, 4) is 5.88 Å². The summed E-state index contributed by atoms with van der Waals surface area (Å²) in [7, 11) is 0. The highest BCUT2D eigenvalue weighted by molar-refractivity contribution is 5.52. The number of pyridine rings is 1. The topological polar surface area (TPSA) is 74.6 Å². The van der Waals surface area contributed by atoms with Gasteiger partial charge in [-0.25, -0.2) is 4.98 Å². The van der Waals surface area contributed by atoms with Crippen LogP contribution >= 0.6 is 0 Å². The predicted molar refractivity (Wildman–Crippen MR) is 70.8 cm³/mol. The van der Waals surface area contributed by atoms with E-state index in [1.165, 1.54) is 0 Å². The molecule has 5 heteroatoms. The molecule has 1 aromatic rings. The molecule has 0 saturated carbocycles. The van der Waals surface area contributed by atoms with E-state index in [2.05, 4.69) is 10.3 Å². The predicted octanol–water partition coefficient (Wildman–Crippen LogP) is 1.27. The highest BCUT2D eigenvalue weighted by Crippen LogP contribution is 2.24. The van der Waals surface area contributed by atoms with Gasteiger partial charge in [-0.15, -0.1) is 0 Å². The molecule has 0 aliphatic carbocycles. The number of nitrogens with one attached hydrogen (secondary N) is 1. The molecular weight excluding hydrogens is 232 g/mol. The van der Waals surface area contributed by atoms with Crippen LogP contribution < -0.4 is 10.1 Å². The number of nitrogens with zero attached hydrogens (tertiary/aromatic N) is 1. The summed E-state index contributed by atoms with van der Waals surface area (Å²) in [5.74, 6) is 0.533. The van der Waals surface area contributed by atoms with Gasteiger partial charge >= 0.3 is 0 Å². The third-order valence-electron chi connectivity index (χ3n) is 2.59. The lowest BCUT2D eigenvalue weighted by Crippen LogP contribution is -2.34. The zero-order valence-corrected chi connectivity index (χ0v) is 11.2. The van der Waals surface area contributed by atoms with Gasteiger partial charge in [0, 0.05) is 18.2 Å². The van der Waals surface area contributed by atoms with E-state index in [9.17, 15) is 10.2 Å². The van der Waals surface area contributed by atoms with Crippen LogP contribution in [0.1, 0.15) is 20.8 Å². The van der Waals surface area contributed by atoms with Crippen LogP contribution in [0.15, 0.2) is 18.3 Å². The fourth-order valence-electron chi connectivity index (χ4n) is 1.31. The van der Waals surface area contributed by atoms with E-state index < -0.39 is 5.41 Å². The van der Waals surface area contributed by atoms with E-state index in [1.54, 1.807) is 13.1 Å². The summed E-state index contributed by atoms with van der Waals surface area (Å²) >= 11 is 0. The van der Waals surface area contributed by atoms with Crippen molar-refractivity contribution in [2.24, 2.45) is 5.41 Å². The van der Waals surface area contributed by atoms with E-state index in [0.717, 1.165) is 5.69 Å². The number of aliphatic hydroxyl groups is 2. The Bertz CT molecular complexity index is 365. The van der Waals surface area contributed by atoms with Gasteiger partial charge in [0.25, 0.3) is 0 Å². The summed E-state index contributed by atoms with van der Waals surface area (Å²) in [6.07, 6.45) is 1.71. The van der Waals surface area contributed by atoms with Gasteiger partial charge in [0.1, 0.15) is 0 Å². The molecule has 0 aliphatic rings. The maximum atomic E-state index is 9.23. The molecule has 0 radical (unpaired) electrons. The molecule has 0 fully saturated rings. The summed E-state index contributed by atoms with van der Waals surface area (Å²) in [6, 6.07) is 3.67. The van der Waals surface area contributed by atoms with Gasteiger partial charge in [-0.3, -0.25) is 0 Å². The number of aromatic nitrogens is 1. The second-order valence-corrected chi connectivity index (χ2v) is 5.00. The molecule has 1 rings (SSSR count). The molecule has 0 aromatic carbocycles. The Balaban J connectivity index is 2.72. The molecule has 0 atom stereocenters. The first-order valence-electron chi connectivity index (χ1n) is 6.08. The van der Waals surface area contributed by atoms with Crippen LogP contribution in [0.3, 0.4) is 0 Å². The van der Waals surface area contributed by atoms with Gasteiger partial charge in [-0.1, -0.05) is 6.92 Å². The average molecular weight is 254 g/mol. The monoisotopic (exact) mass is 254 g/mol. The van der Waals surface area contributed by atoms with E-state index in [4.69, 9.17) is 4.74 Å². The van der Waals surface area contributed by atoms with Crippen molar-refractivity contribution in [1.82, 2.24) is 4.98 Å². The smallest absolute Gasteiger partial charge is 0.237 e. The minimum atomic E-state index is -0.565. The molecule has 0 unspecified atom stereocenters. The third-order valence-corrected chi connectivity index (χ3v) is 2.59. The van der Waals surface area contributed by atoms with Crippen molar-refractivity contribution >= 4 is 5.69 Å². The first-order chi connectivity index (χ1) is 8.50. The third kappa shape index (κ3) is 4.16. The maximum Gasteiger partial charge on any atom is 0.237 e. The molecule has 5 nitrogen and oxygen atoms in total. The first-order valence-corrected chi connectivity index (χ1v) is 6.08. The van der Waals surface area contributed by atoms with E-state index in [0.29, 0.717) is 12.4 Å². The molecule has 0 spiro atoms. The van der Waals surface area contributed by atoms with E-state index >= 15 is 0 Å². The Morgan fingerprint density at radius 1 is 1.39 bits per heavy atom. The number of anilines is 1. The minimum absolute atomic E-state index is 0.0440. The van der Waals surface area contributed by atoms with Crippen LogP contribution in [0.2, 0.25) is 0 Å². The molecule has 0 amide bonds. The number of hydrogen-bond donors (Lipinski definition) is 3. The van der Waals surface area contributed by atoms with Gasteiger partial charge in [0.15, 0.2) is 0 Å². The Hall–Kier alpha value is -1.33. The summed E-state index contributed by atoms with van der Waals surface area (Å²) < 4.78 is 5.58. The normalized spacial score (nSPS) is 11.7. The second-order valence-electron chi connectivity index (χ2n) is 5.00. The van der Waals surface area contributed by atoms with Gasteiger partial charge in [0.05, 0.1) is 25.0 Å². The first kappa shape index (κ1) is 14.7. The summed E-state index contributed by atoms with van der Waals surface area (Å²) in [6.45, 7) is 5.95. The standard InChI is InChI=1S/C13H22N2O3/c1-10(2)18-12-11(5-4-6-14-12)15-7-13(3,8-16)9-17/h4-6,10,15-17H,7-9H2,1-3H3. The Kier molecular flexibility index (Phi) is 5.37. The number of aliphatic hydroxyl groups excluding tert-OH is 2. The van der Waals surface area contributed by atoms with Gasteiger partial charge in [-0.2, -0.15) is 0 Å².